The number of nitrogen functional groups attached to an aromatic ring is 1. The number of fused-ring (bicyclic) bond motifs is 1. The van der Waals surface area contributed by atoms with Gasteiger partial charge in [-0.1, -0.05) is 5.92 Å². The summed E-state index contributed by atoms with van der Waals surface area (Å²) in [5, 5.41) is 23.9. The summed E-state index contributed by atoms with van der Waals surface area (Å²) in [6.07, 6.45) is 0.376. The van der Waals surface area contributed by atoms with Gasteiger partial charge < -0.3 is 35.6 Å². The van der Waals surface area contributed by atoms with E-state index in [1.54, 1.807) is 4.90 Å². The lowest BCUT2D eigenvalue weighted by molar-refractivity contribution is -0.137. The highest BCUT2D eigenvalue weighted by Crippen LogP contribution is 2.33. The molecule has 2 aromatic rings. The number of aromatic nitrogens is 4. The smallest absolute Gasteiger partial charge is 0.409 e. The van der Waals surface area contributed by atoms with Crippen LogP contribution >= 0.6 is 0 Å². The lowest BCUT2D eigenvalue weighted by atomic mass is 9.94. The number of ether oxygens (including phenoxy) is 2. The molecule has 3 fully saturated rings. The van der Waals surface area contributed by atoms with Gasteiger partial charge in [-0.15, -0.1) is 0 Å². The van der Waals surface area contributed by atoms with Crippen LogP contribution in [0.1, 0.15) is 44.2 Å². The summed E-state index contributed by atoms with van der Waals surface area (Å²) in [6.45, 7) is 1.78. The van der Waals surface area contributed by atoms with Gasteiger partial charge in [0, 0.05) is 26.1 Å². The number of methoxy groups -OCH3 is 1. The largest absolute Gasteiger partial charge is 0.453 e. The summed E-state index contributed by atoms with van der Waals surface area (Å²) < 4.78 is 12.0. The van der Waals surface area contributed by atoms with Crippen LogP contribution in [0.5, 0.6) is 0 Å². The van der Waals surface area contributed by atoms with Gasteiger partial charge in [-0.2, -0.15) is 0 Å². The fourth-order valence-corrected chi connectivity index (χ4v) is 4.68. The molecule has 0 aromatic carbocycles. The van der Waals surface area contributed by atoms with Crippen LogP contribution in [0.2, 0.25) is 0 Å². The van der Waals surface area contributed by atoms with Crippen molar-refractivity contribution in [3.05, 3.63) is 12.2 Å². The number of nitrogens with one attached hydrogen (secondary N) is 1. The number of amides is 2. The molecule has 2 amide bonds. The van der Waals surface area contributed by atoms with Gasteiger partial charge in [0.25, 0.3) is 5.91 Å². The van der Waals surface area contributed by atoms with E-state index in [0.29, 0.717) is 43.4 Å². The number of imidazole rings is 1. The summed E-state index contributed by atoms with van der Waals surface area (Å²) in [7, 11) is 1.38. The van der Waals surface area contributed by atoms with Crippen molar-refractivity contribution in [2.24, 2.45) is 11.8 Å². The Morgan fingerprint density at radius 1 is 1.19 bits per heavy atom. The second-order valence-corrected chi connectivity index (χ2v) is 9.78. The third kappa shape index (κ3) is 5.31. The highest BCUT2D eigenvalue weighted by Gasteiger charge is 2.48. The summed E-state index contributed by atoms with van der Waals surface area (Å²) in [5.41, 5.74) is 6.67. The third-order valence-corrected chi connectivity index (χ3v) is 7.12. The summed E-state index contributed by atoms with van der Waals surface area (Å²) in [6, 6.07) is 0. The fraction of sp³-hybridized carbons (Fsp3) is 0.625. The number of carbonyl (C=O) groups is 2. The maximum Gasteiger partial charge on any atom is 0.409 e. The van der Waals surface area contributed by atoms with Crippen LogP contribution in [0.25, 0.3) is 11.2 Å². The van der Waals surface area contributed by atoms with E-state index >= 15 is 0 Å². The Balaban J connectivity index is 1.28. The van der Waals surface area contributed by atoms with Crippen LogP contribution < -0.4 is 11.1 Å². The second kappa shape index (κ2) is 10.5. The van der Waals surface area contributed by atoms with Crippen molar-refractivity contribution >= 4 is 29.0 Å². The Labute approximate surface area is 213 Å². The van der Waals surface area contributed by atoms with Gasteiger partial charge in [-0.3, -0.25) is 9.36 Å². The average Bonchev–Trinajstić information content (AvgIpc) is 3.57. The Morgan fingerprint density at radius 2 is 1.95 bits per heavy atom. The van der Waals surface area contributed by atoms with Crippen LogP contribution in [0.15, 0.2) is 6.33 Å². The first-order valence-electron chi connectivity index (χ1n) is 12.5. The minimum atomic E-state index is -1.41. The van der Waals surface area contributed by atoms with E-state index in [0.717, 1.165) is 25.7 Å². The molecule has 2 saturated heterocycles. The van der Waals surface area contributed by atoms with Gasteiger partial charge in [0.2, 0.25) is 5.82 Å². The minimum absolute atomic E-state index is 0.117. The van der Waals surface area contributed by atoms with E-state index in [-0.39, 0.29) is 23.4 Å². The molecule has 13 nitrogen and oxygen atoms in total. The lowest BCUT2D eigenvalue weighted by Gasteiger charge is -2.29. The molecule has 5 N–H and O–H groups in total. The number of aliphatic hydroxyl groups excluding tert-OH is 2. The number of nitrogens with two attached hydrogens (primary N) is 1. The Bertz CT molecular complexity index is 1230. The average molecular weight is 514 g/mol. The number of nitrogens with zero attached hydrogens (tertiary/aromatic N) is 5. The van der Waals surface area contributed by atoms with Crippen molar-refractivity contribution in [3.8, 4) is 11.8 Å². The molecule has 4 heterocycles. The van der Waals surface area contributed by atoms with Crippen LogP contribution in [-0.2, 0) is 14.3 Å². The number of rotatable bonds is 5. The molecule has 1 saturated carbocycles. The maximum atomic E-state index is 12.5. The summed E-state index contributed by atoms with van der Waals surface area (Å²) in [5.74, 6) is 6.68. The van der Waals surface area contributed by atoms with Crippen molar-refractivity contribution in [1.82, 2.24) is 29.7 Å². The zero-order valence-electron chi connectivity index (χ0n) is 20.5. The molecular formula is C24H31N7O6. The predicted molar refractivity (Wildman–Crippen MR) is 130 cm³/mol. The molecule has 0 spiro atoms. The monoisotopic (exact) mass is 513 g/mol. The van der Waals surface area contributed by atoms with E-state index in [4.69, 9.17) is 15.2 Å². The molecule has 3 aliphatic rings. The lowest BCUT2D eigenvalue weighted by Crippen LogP contribution is -2.43. The van der Waals surface area contributed by atoms with E-state index in [1.807, 2.05) is 0 Å². The molecule has 0 unspecified atom stereocenters. The number of carbonyl (C=O) groups excluding carboxylic acids is 2. The zero-order valence-corrected chi connectivity index (χ0v) is 20.5. The van der Waals surface area contributed by atoms with Crippen LogP contribution in [-0.4, -0.2) is 91.7 Å². The minimum Gasteiger partial charge on any atom is -0.453 e. The van der Waals surface area contributed by atoms with Gasteiger partial charge in [-0.25, -0.2) is 19.7 Å². The first kappa shape index (κ1) is 25.2. The quantitative estimate of drug-likeness (QED) is 0.391. The molecule has 1 aliphatic carbocycles. The number of hydrogen-bond acceptors (Lipinski definition) is 10. The van der Waals surface area contributed by atoms with E-state index in [1.165, 1.54) is 18.0 Å². The Kier molecular flexibility index (Phi) is 7.14. The number of piperidine rings is 1. The molecule has 5 rings (SSSR count). The number of likely N-dealkylation sites (tertiary alicyclic amines) is 1. The molecule has 0 radical (unpaired) electrons. The topological polar surface area (TPSA) is 178 Å². The number of anilines is 1. The molecule has 198 valence electrons. The van der Waals surface area contributed by atoms with Gasteiger partial charge in [0.15, 0.2) is 23.8 Å². The first-order valence-corrected chi connectivity index (χ1v) is 12.5. The first-order chi connectivity index (χ1) is 17.9. The van der Waals surface area contributed by atoms with Gasteiger partial charge >= 0.3 is 6.09 Å². The molecule has 37 heavy (non-hydrogen) atoms. The molecule has 2 aliphatic heterocycles. The van der Waals surface area contributed by atoms with E-state index in [2.05, 4.69) is 32.1 Å². The zero-order chi connectivity index (χ0) is 26.1. The normalized spacial score (nSPS) is 26.1. The standard InChI is InChI=1S/C24H31N7O6/c1-36-24(35)30-9-7-13(8-10-30)3-2-4-15-28-20(25)16-21(29-15)31(12-27-16)23-18(33)17(32)19(37-23)22(34)26-11-14-5-6-14/h12-14,17-19,23,32-33H,3,5-11H2,1H3,(H,26,34)(H2,25,28,29)/t17-,18+,19-,23+/m0/s1. The molecule has 0 bridgehead atoms. The van der Waals surface area contributed by atoms with Crippen molar-refractivity contribution in [3.63, 3.8) is 0 Å². The number of aliphatic hydroxyl groups is 2. The Hall–Kier alpha value is -3.47. The Morgan fingerprint density at radius 3 is 2.65 bits per heavy atom. The number of hydrogen-bond donors (Lipinski definition) is 4. The van der Waals surface area contributed by atoms with Gasteiger partial charge in [-0.05, 0) is 43.4 Å². The molecule has 2 aromatic heterocycles. The van der Waals surface area contributed by atoms with E-state index < -0.39 is 30.4 Å². The van der Waals surface area contributed by atoms with Crippen LogP contribution in [0.4, 0.5) is 10.6 Å². The SMILES string of the molecule is COC(=O)N1CCC(CC#Cc2nc(N)c3ncn([C@@H]4O[C@H](C(=O)NCC5CC5)[C@@H](O)[C@H]4O)c3n2)CC1. The maximum absolute atomic E-state index is 12.5. The molecule has 4 atom stereocenters. The van der Waals surface area contributed by atoms with E-state index in [9.17, 15) is 19.8 Å². The fourth-order valence-electron chi connectivity index (χ4n) is 4.68. The second-order valence-electron chi connectivity index (χ2n) is 9.78. The van der Waals surface area contributed by atoms with Crippen molar-refractivity contribution in [1.29, 1.82) is 0 Å². The van der Waals surface area contributed by atoms with Crippen molar-refractivity contribution < 1.29 is 29.3 Å². The highest BCUT2D eigenvalue weighted by molar-refractivity contribution is 5.83. The molecule has 13 heteroatoms. The van der Waals surface area contributed by atoms with Gasteiger partial charge in [0.05, 0.1) is 13.4 Å². The summed E-state index contributed by atoms with van der Waals surface area (Å²) in [4.78, 5) is 38.8. The predicted octanol–water partition coefficient (Wildman–Crippen LogP) is -0.226. The highest BCUT2D eigenvalue weighted by atomic mass is 16.6. The van der Waals surface area contributed by atoms with Gasteiger partial charge in [0.1, 0.15) is 17.7 Å². The molecular weight excluding hydrogens is 482 g/mol. The van der Waals surface area contributed by atoms with Crippen molar-refractivity contribution in [2.45, 2.75) is 56.6 Å². The van der Waals surface area contributed by atoms with Crippen LogP contribution in [0.3, 0.4) is 0 Å². The van der Waals surface area contributed by atoms with Crippen LogP contribution in [0, 0.1) is 23.7 Å². The van der Waals surface area contributed by atoms with Crippen molar-refractivity contribution in [2.75, 3.05) is 32.5 Å². The summed E-state index contributed by atoms with van der Waals surface area (Å²) >= 11 is 0. The third-order valence-electron chi connectivity index (χ3n) is 7.12.